The number of ether oxygens (including phenoxy) is 2. The molecule has 2 aromatic carbocycles. The fourth-order valence-corrected chi connectivity index (χ4v) is 2.79. The van der Waals surface area contributed by atoms with Gasteiger partial charge in [-0.25, -0.2) is 4.68 Å². The molecule has 146 valence electrons. The van der Waals surface area contributed by atoms with Crippen LogP contribution in [0.1, 0.15) is 23.6 Å². The van der Waals surface area contributed by atoms with E-state index in [1.54, 1.807) is 31.0 Å². The number of aromatic nitrogens is 2. The summed E-state index contributed by atoms with van der Waals surface area (Å²) in [6.07, 6.45) is 1.03. The molecule has 0 spiro atoms. The number of carbonyl (C=O) groups excluding carboxylic acids is 1. The molecule has 1 atom stereocenters. The Morgan fingerprint density at radius 2 is 1.89 bits per heavy atom. The van der Waals surface area contributed by atoms with Gasteiger partial charge in [0, 0.05) is 6.07 Å². The van der Waals surface area contributed by atoms with Gasteiger partial charge in [-0.2, -0.15) is 5.10 Å². The van der Waals surface area contributed by atoms with Crippen molar-refractivity contribution in [3.8, 4) is 11.5 Å². The van der Waals surface area contributed by atoms with Gasteiger partial charge in [0.05, 0.1) is 19.9 Å². The molecule has 3 rings (SSSR count). The van der Waals surface area contributed by atoms with Crippen LogP contribution in [-0.4, -0.2) is 28.9 Å². The van der Waals surface area contributed by atoms with E-state index in [2.05, 4.69) is 10.4 Å². The number of nitrogens with zero attached hydrogens (tertiary/aromatic N) is 2. The van der Waals surface area contributed by atoms with Crippen LogP contribution in [0.5, 0.6) is 11.5 Å². The summed E-state index contributed by atoms with van der Waals surface area (Å²) in [6.45, 7) is 6.28. The predicted molar refractivity (Wildman–Crippen MR) is 109 cm³/mol. The van der Waals surface area contributed by atoms with Crippen molar-refractivity contribution in [2.75, 3.05) is 12.4 Å². The highest BCUT2D eigenvalue weighted by atomic mass is 16.5. The van der Waals surface area contributed by atoms with E-state index >= 15 is 0 Å². The molecule has 6 heteroatoms. The van der Waals surface area contributed by atoms with Crippen molar-refractivity contribution in [3.05, 3.63) is 71.4 Å². The van der Waals surface area contributed by atoms with Crippen LogP contribution in [-0.2, 0) is 11.3 Å². The number of hydrogen-bond donors (Lipinski definition) is 1. The minimum atomic E-state index is -0.634. The largest absolute Gasteiger partial charge is 0.497 e. The Morgan fingerprint density at radius 3 is 2.61 bits per heavy atom. The lowest BCUT2D eigenvalue weighted by molar-refractivity contribution is -0.122. The van der Waals surface area contributed by atoms with Gasteiger partial charge in [0.15, 0.2) is 6.10 Å². The molecular formula is C22H25N3O3. The summed E-state index contributed by atoms with van der Waals surface area (Å²) in [5.41, 5.74) is 3.22. The molecule has 28 heavy (non-hydrogen) atoms. The van der Waals surface area contributed by atoms with Crippen LogP contribution in [0.4, 0.5) is 5.82 Å². The van der Waals surface area contributed by atoms with Crippen LogP contribution in [0.15, 0.2) is 54.7 Å². The van der Waals surface area contributed by atoms with Gasteiger partial charge in [-0.05, 0) is 55.7 Å². The minimum absolute atomic E-state index is 0.225. The standard InChI is InChI=1S/C22H25N3O3/c1-15-6-5-7-20(16(15)2)28-17(3)22(26)24-21-12-13-23-25(21)14-18-8-10-19(27-4)11-9-18/h5-13,17H,14H2,1-4H3,(H,24,26)/t17-/m0/s1. The molecule has 0 saturated carbocycles. The second-order valence-corrected chi connectivity index (χ2v) is 6.67. The maximum Gasteiger partial charge on any atom is 0.266 e. The van der Waals surface area contributed by atoms with Crippen LogP contribution in [0.3, 0.4) is 0 Å². The highest BCUT2D eigenvalue weighted by molar-refractivity contribution is 5.93. The normalized spacial score (nSPS) is 11.7. The first-order valence-corrected chi connectivity index (χ1v) is 9.16. The summed E-state index contributed by atoms with van der Waals surface area (Å²) in [6, 6.07) is 15.3. The van der Waals surface area contributed by atoms with Gasteiger partial charge in [0.1, 0.15) is 17.3 Å². The molecule has 0 fully saturated rings. The van der Waals surface area contributed by atoms with Crippen molar-refractivity contribution in [2.45, 2.75) is 33.4 Å². The third-order valence-electron chi connectivity index (χ3n) is 4.69. The lowest BCUT2D eigenvalue weighted by Gasteiger charge is -2.17. The molecule has 1 aromatic heterocycles. The highest BCUT2D eigenvalue weighted by Crippen LogP contribution is 2.22. The fourth-order valence-electron chi connectivity index (χ4n) is 2.79. The maximum absolute atomic E-state index is 12.6. The molecule has 1 amide bonds. The molecule has 0 radical (unpaired) electrons. The summed E-state index contributed by atoms with van der Waals surface area (Å²) in [7, 11) is 1.64. The maximum atomic E-state index is 12.6. The summed E-state index contributed by atoms with van der Waals surface area (Å²) in [4.78, 5) is 12.6. The van der Waals surface area contributed by atoms with Crippen molar-refractivity contribution in [1.82, 2.24) is 9.78 Å². The van der Waals surface area contributed by atoms with Gasteiger partial charge in [0.25, 0.3) is 5.91 Å². The van der Waals surface area contributed by atoms with Crippen molar-refractivity contribution >= 4 is 11.7 Å². The van der Waals surface area contributed by atoms with Crippen LogP contribution in [0.25, 0.3) is 0 Å². The summed E-state index contributed by atoms with van der Waals surface area (Å²) in [5.74, 6) is 1.92. The first kappa shape index (κ1) is 19.5. The molecule has 0 saturated heterocycles. The second-order valence-electron chi connectivity index (χ2n) is 6.67. The molecule has 3 aromatic rings. The number of aryl methyl sites for hydroxylation is 1. The number of rotatable bonds is 7. The lowest BCUT2D eigenvalue weighted by Crippen LogP contribution is -2.31. The van der Waals surface area contributed by atoms with Crippen molar-refractivity contribution in [2.24, 2.45) is 0 Å². The van der Waals surface area contributed by atoms with Gasteiger partial charge in [-0.1, -0.05) is 24.3 Å². The second kappa shape index (κ2) is 8.61. The molecule has 1 N–H and O–H groups in total. The van der Waals surface area contributed by atoms with E-state index in [1.165, 1.54) is 0 Å². The first-order valence-electron chi connectivity index (χ1n) is 9.16. The quantitative estimate of drug-likeness (QED) is 0.675. The summed E-state index contributed by atoms with van der Waals surface area (Å²) in [5, 5.41) is 7.21. The smallest absolute Gasteiger partial charge is 0.266 e. The molecule has 0 aliphatic heterocycles. The number of nitrogens with one attached hydrogen (secondary N) is 1. The fraction of sp³-hybridized carbons (Fsp3) is 0.273. The molecule has 0 aliphatic carbocycles. The minimum Gasteiger partial charge on any atom is -0.497 e. The Balaban J connectivity index is 1.65. The topological polar surface area (TPSA) is 65.4 Å². The van der Waals surface area contributed by atoms with E-state index in [-0.39, 0.29) is 5.91 Å². The van der Waals surface area contributed by atoms with E-state index in [4.69, 9.17) is 9.47 Å². The summed E-state index contributed by atoms with van der Waals surface area (Å²) < 4.78 is 12.8. The lowest BCUT2D eigenvalue weighted by atomic mass is 10.1. The number of amides is 1. The van der Waals surface area contributed by atoms with Gasteiger partial charge in [0.2, 0.25) is 0 Å². The van der Waals surface area contributed by atoms with E-state index < -0.39 is 6.10 Å². The monoisotopic (exact) mass is 379 g/mol. The highest BCUT2D eigenvalue weighted by Gasteiger charge is 2.18. The van der Waals surface area contributed by atoms with Crippen LogP contribution in [0, 0.1) is 13.8 Å². The number of anilines is 1. The molecule has 1 heterocycles. The average Bonchev–Trinajstić information content (AvgIpc) is 3.12. The molecular weight excluding hydrogens is 354 g/mol. The van der Waals surface area contributed by atoms with Gasteiger partial charge < -0.3 is 14.8 Å². The van der Waals surface area contributed by atoms with Crippen molar-refractivity contribution < 1.29 is 14.3 Å². The third-order valence-corrected chi connectivity index (χ3v) is 4.69. The van der Waals surface area contributed by atoms with Crippen LogP contribution in [0.2, 0.25) is 0 Å². The zero-order valence-electron chi connectivity index (χ0n) is 16.6. The number of carbonyl (C=O) groups is 1. The van der Waals surface area contributed by atoms with E-state index in [9.17, 15) is 4.79 Å². The van der Waals surface area contributed by atoms with Gasteiger partial charge in [-0.3, -0.25) is 4.79 Å². The van der Waals surface area contributed by atoms with Crippen LogP contribution >= 0.6 is 0 Å². The zero-order valence-corrected chi connectivity index (χ0v) is 16.6. The van der Waals surface area contributed by atoms with Crippen LogP contribution < -0.4 is 14.8 Å². The van der Waals surface area contributed by atoms with E-state index in [0.717, 1.165) is 28.2 Å². The Morgan fingerprint density at radius 1 is 1.14 bits per heavy atom. The van der Waals surface area contributed by atoms with Crippen molar-refractivity contribution in [1.29, 1.82) is 0 Å². The molecule has 6 nitrogen and oxygen atoms in total. The Kier molecular flexibility index (Phi) is 5.99. The number of methoxy groups -OCH3 is 1. The number of benzene rings is 2. The predicted octanol–water partition coefficient (Wildman–Crippen LogP) is 3.96. The first-order chi connectivity index (χ1) is 13.5. The molecule has 0 unspecified atom stereocenters. The summed E-state index contributed by atoms with van der Waals surface area (Å²) >= 11 is 0. The average molecular weight is 379 g/mol. The van der Waals surface area contributed by atoms with E-state index in [1.807, 2.05) is 56.3 Å². The van der Waals surface area contributed by atoms with E-state index in [0.29, 0.717) is 12.4 Å². The zero-order chi connectivity index (χ0) is 20.1. The SMILES string of the molecule is COc1ccc(Cn2nccc2NC(=O)[C@H](C)Oc2cccc(C)c2C)cc1. The molecule has 0 bridgehead atoms. The Hall–Kier alpha value is -3.28. The molecule has 0 aliphatic rings. The van der Waals surface area contributed by atoms with Gasteiger partial charge in [-0.15, -0.1) is 0 Å². The third kappa shape index (κ3) is 4.52. The Labute approximate surface area is 165 Å². The van der Waals surface area contributed by atoms with Crippen molar-refractivity contribution in [3.63, 3.8) is 0 Å². The van der Waals surface area contributed by atoms with Gasteiger partial charge >= 0.3 is 0 Å². The Bertz CT molecular complexity index is 948. The number of hydrogen-bond acceptors (Lipinski definition) is 4.